The molecule has 5 rings (SSSR count). The summed E-state index contributed by atoms with van der Waals surface area (Å²) >= 11 is 0. The molecule has 0 bridgehead atoms. The molecule has 3 heterocycles. The molecule has 2 aromatic heterocycles. The van der Waals surface area contributed by atoms with Crippen LogP contribution in [0.15, 0.2) is 77.5 Å². The largest absolute Gasteiger partial charge is 0.440 e. The van der Waals surface area contributed by atoms with Crippen molar-refractivity contribution in [1.29, 1.82) is 0 Å². The zero-order chi connectivity index (χ0) is 21.8. The smallest absolute Gasteiger partial charge is 0.253 e. The number of amides is 1. The fraction of sp³-hybridized carbons (Fsp3) is 0.269. The van der Waals surface area contributed by atoms with Gasteiger partial charge in [-0.25, -0.2) is 4.98 Å². The number of rotatable bonds is 6. The van der Waals surface area contributed by atoms with E-state index in [9.17, 15) is 4.79 Å². The van der Waals surface area contributed by atoms with E-state index in [-0.39, 0.29) is 12.0 Å². The minimum absolute atomic E-state index is 0.0326. The number of piperidine rings is 1. The third kappa shape index (κ3) is 4.70. The molecule has 1 aliphatic rings. The van der Waals surface area contributed by atoms with Crippen molar-refractivity contribution in [2.45, 2.75) is 32.0 Å². The molecule has 162 valence electrons. The second-order valence-corrected chi connectivity index (χ2v) is 8.12. The molecule has 0 N–H and O–H groups in total. The lowest BCUT2D eigenvalue weighted by atomic mass is 10.1. The van der Waals surface area contributed by atoms with Crippen molar-refractivity contribution in [3.8, 4) is 0 Å². The molecule has 0 spiro atoms. The molecule has 2 aromatic carbocycles. The number of benzene rings is 2. The van der Waals surface area contributed by atoms with E-state index in [0.717, 1.165) is 29.5 Å². The Labute approximate surface area is 186 Å². The number of carbonyl (C=O) groups is 1. The Hall–Kier alpha value is -3.51. The average Bonchev–Trinajstić information content (AvgIpc) is 3.25. The minimum Gasteiger partial charge on any atom is -0.440 e. The van der Waals surface area contributed by atoms with Crippen LogP contribution < -0.4 is 0 Å². The van der Waals surface area contributed by atoms with Gasteiger partial charge in [0.05, 0.1) is 12.7 Å². The molecule has 0 radical (unpaired) electrons. The van der Waals surface area contributed by atoms with Crippen LogP contribution in [0.1, 0.15) is 40.2 Å². The average molecular weight is 428 g/mol. The Morgan fingerprint density at radius 3 is 2.62 bits per heavy atom. The Morgan fingerprint density at radius 2 is 1.84 bits per heavy atom. The number of pyridine rings is 1. The second-order valence-electron chi connectivity index (χ2n) is 8.12. The summed E-state index contributed by atoms with van der Waals surface area (Å²) in [5.74, 6) is 0.688. The monoisotopic (exact) mass is 427 g/mol. The molecule has 0 aliphatic carbocycles. The molecule has 1 fully saturated rings. The number of likely N-dealkylation sites (tertiary alicyclic amines) is 1. The first-order chi connectivity index (χ1) is 15.7. The molecule has 1 saturated heterocycles. The van der Waals surface area contributed by atoms with E-state index in [1.165, 1.54) is 0 Å². The number of aromatic nitrogens is 2. The normalized spacial score (nSPS) is 14.7. The first-order valence-corrected chi connectivity index (χ1v) is 11.0. The topological polar surface area (TPSA) is 68.5 Å². The number of nitrogens with zero attached hydrogens (tertiary/aromatic N) is 3. The van der Waals surface area contributed by atoms with Gasteiger partial charge in [0.25, 0.3) is 5.91 Å². The standard InChI is InChI=1S/C26H25N3O3/c30-26(29-13-10-22(11-14-29)31-18-20-7-4-12-27-17-20)21-8-9-24-23(16-21)28-25(32-24)15-19-5-2-1-3-6-19/h1-9,12,16-17,22H,10-11,13-15,18H2. The zero-order valence-corrected chi connectivity index (χ0v) is 17.8. The zero-order valence-electron chi connectivity index (χ0n) is 17.8. The Morgan fingerprint density at radius 1 is 1.03 bits per heavy atom. The van der Waals surface area contributed by atoms with Crippen LogP contribution in [0.25, 0.3) is 11.1 Å². The first-order valence-electron chi connectivity index (χ1n) is 11.0. The van der Waals surface area contributed by atoms with Gasteiger partial charge in [-0.15, -0.1) is 0 Å². The summed E-state index contributed by atoms with van der Waals surface area (Å²) < 4.78 is 11.9. The van der Waals surface area contributed by atoms with E-state index in [2.05, 4.69) is 9.97 Å². The van der Waals surface area contributed by atoms with Crippen LogP contribution in [-0.2, 0) is 17.8 Å². The fourth-order valence-electron chi connectivity index (χ4n) is 4.06. The van der Waals surface area contributed by atoms with Gasteiger partial charge in [-0.1, -0.05) is 36.4 Å². The maximum Gasteiger partial charge on any atom is 0.253 e. The van der Waals surface area contributed by atoms with Gasteiger partial charge in [0.2, 0.25) is 0 Å². The molecule has 1 amide bonds. The van der Waals surface area contributed by atoms with Crippen LogP contribution in [-0.4, -0.2) is 40.0 Å². The number of oxazole rings is 1. The molecule has 0 unspecified atom stereocenters. The molecular formula is C26H25N3O3. The summed E-state index contributed by atoms with van der Waals surface area (Å²) in [5, 5.41) is 0. The van der Waals surface area contributed by atoms with E-state index in [0.29, 0.717) is 43.2 Å². The molecule has 0 saturated carbocycles. The van der Waals surface area contributed by atoms with E-state index >= 15 is 0 Å². The number of ether oxygens (including phenoxy) is 1. The van der Waals surface area contributed by atoms with Gasteiger partial charge in [-0.2, -0.15) is 0 Å². The van der Waals surface area contributed by atoms with Gasteiger partial charge >= 0.3 is 0 Å². The van der Waals surface area contributed by atoms with E-state index < -0.39 is 0 Å². The predicted octanol–water partition coefficient (Wildman–Crippen LogP) is 4.64. The lowest BCUT2D eigenvalue weighted by molar-refractivity contribution is -0.000466. The van der Waals surface area contributed by atoms with Gasteiger partial charge in [0, 0.05) is 37.5 Å². The Balaban J connectivity index is 1.19. The van der Waals surface area contributed by atoms with Crippen LogP contribution >= 0.6 is 0 Å². The van der Waals surface area contributed by atoms with Crippen molar-refractivity contribution in [2.24, 2.45) is 0 Å². The molecule has 0 atom stereocenters. The second kappa shape index (κ2) is 9.32. The van der Waals surface area contributed by atoms with Crippen molar-refractivity contribution in [1.82, 2.24) is 14.9 Å². The lowest BCUT2D eigenvalue weighted by Crippen LogP contribution is -2.40. The van der Waals surface area contributed by atoms with E-state index in [1.54, 1.807) is 6.20 Å². The van der Waals surface area contributed by atoms with Crippen molar-refractivity contribution < 1.29 is 13.9 Å². The molecule has 1 aliphatic heterocycles. The van der Waals surface area contributed by atoms with Crippen molar-refractivity contribution >= 4 is 17.0 Å². The molecule has 32 heavy (non-hydrogen) atoms. The minimum atomic E-state index is 0.0326. The summed E-state index contributed by atoms with van der Waals surface area (Å²) in [5.41, 5.74) is 4.28. The summed E-state index contributed by atoms with van der Waals surface area (Å²) in [6.45, 7) is 1.93. The van der Waals surface area contributed by atoms with E-state index in [1.807, 2.05) is 71.8 Å². The van der Waals surface area contributed by atoms with Crippen molar-refractivity contribution in [3.05, 3.63) is 95.6 Å². The molecule has 6 nitrogen and oxygen atoms in total. The number of hydrogen-bond donors (Lipinski definition) is 0. The van der Waals surface area contributed by atoms with Gasteiger partial charge in [0.1, 0.15) is 5.52 Å². The fourth-order valence-corrected chi connectivity index (χ4v) is 4.06. The summed E-state index contributed by atoms with van der Waals surface area (Å²) in [6.07, 6.45) is 6.04. The van der Waals surface area contributed by atoms with Crippen LogP contribution in [0, 0.1) is 0 Å². The van der Waals surface area contributed by atoms with Gasteiger partial charge in [-0.3, -0.25) is 9.78 Å². The lowest BCUT2D eigenvalue weighted by Gasteiger charge is -2.32. The number of hydrogen-bond acceptors (Lipinski definition) is 5. The Kier molecular flexibility index (Phi) is 5.94. The van der Waals surface area contributed by atoms with Crippen LogP contribution in [0.4, 0.5) is 0 Å². The van der Waals surface area contributed by atoms with Gasteiger partial charge in [-0.05, 0) is 48.2 Å². The summed E-state index contributed by atoms with van der Waals surface area (Å²) in [6, 6.07) is 19.5. The molecular weight excluding hydrogens is 402 g/mol. The quantitative estimate of drug-likeness (QED) is 0.449. The predicted molar refractivity (Wildman–Crippen MR) is 121 cm³/mol. The SMILES string of the molecule is O=C(c1ccc2oc(Cc3ccccc3)nc2c1)N1CCC(OCc2cccnc2)CC1. The summed E-state index contributed by atoms with van der Waals surface area (Å²) in [4.78, 5) is 23.7. The van der Waals surface area contributed by atoms with Crippen molar-refractivity contribution in [2.75, 3.05) is 13.1 Å². The number of fused-ring (bicyclic) bond motifs is 1. The first kappa shape index (κ1) is 20.4. The third-order valence-electron chi connectivity index (χ3n) is 5.81. The molecule has 6 heteroatoms. The highest BCUT2D eigenvalue weighted by Gasteiger charge is 2.24. The van der Waals surface area contributed by atoms with Crippen molar-refractivity contribution in [3.63, 3.8) is 0 Å². The Bertz CT molecular complexity index is 1180. The molecule has 4 aromatic rings. The van der Waals surface area contributed by atoms with Gasteiger partial charge < -0.3 is 14.1 Å². The number of carbonyl (C=O) groups excluding carboxylic acids is 1. The third-order valence-corrected chi connectivity index (χ3v) is 5.81. The van der Waals surface area contributed by atoms with Crippen LogP contribution in [0.2, 0.25) is 0 Å². The highest BCUT2D eigenvalue weighted by Crippen LogP contribution is 2.22. The highest BCUT2D eigenvalue weighted by atomic mass is 16.5. The maximum atomic E-state index is 13.0. The summed E-state index contributed by atoms with van der Waals surface area (Å²) in [7, 11) is 0. The van der Waals surface area contributed by atoms with Crippen LogP contribution in [0.5, 0.6) is 0 Å². The van der Waals surface area contributed by atoms with E-state index in [4.69, 9.17) is 9.15 Å². The van der Waals surface area contributed by atoms with Gasteiger partial charge in [0.15, 0.2) is 11.5 Å². The van der Waals surface area contributed by atoms with Crippen LogP contribution in [0.3, 0.4) is 0 Å². The maximum absolute atomic E-state index is 13.0. The highest BCUT2D eigenvalue weighted by molar-refractivity contribution is 5.97.